The third kappa shape index (κ3) is 6.43. The van der Waals surface area contributed by atoms with Crippen LogP contribution in [0.25, 0.3) is 0 Å². The third-order valence-corrected chi connectivity index (χ3v) is 2.59. The van der Waals surface area contributed by atoms with Crippen LogP contribution in [0.2, 0.25) is 5.02 Å². The van der Waals surface area contributed by atoms with Crippen LogP contribution in [-0.2, 0) is 4.74 Å². The van der Waals surface area contributed by atoms with Crippen molar-refractivity contribution in [3.8, 4) is 0 Å². The van der Waals surface area contributed by atoms with Gasteiger partial charge in [0.05, 0.1) is 6.61 Å². The minimum Gasteiger partial charge on any atom is -0.449 e. The van der Waals surface area contributed by atoms with Gasteiger partial charge in [-0.2, -0.15) is 0 Å². The topological polar surface area (TPSA) is 67.4 Å². The van der Waals surface area contributed by atoms with Crippen molar-refractivity contribution >= 4 is 23.6 Å². The Kier molecular flexibility index (Phi) is 6.87. The normalized spacial score (nSPS) is 10.2. The third-order valence-electron chi connectivity index (χ3n) is 2.33. The highest BCUT2D eigenvalue weighted by atomic mass is 35.5. The highest BCUT2D eigenvalue weighted by Gasteiger charge is 2.05. The van der Waals surface area contributed by atoms with Gasteiger partial charge in [-0.15, -0.1) is 0 Å². The van der Waals surface area contributed by atoms with Crippen LogP contribution in [0, 0.1) is 5.92 Å². The Balaban J connectivity index is 2.19. The molecule has 0 saturated carbocycles. The van der Waals surface area contributed by atoms with E-state index in [0.29, 0.717) is 36.2 Å². The van der Waals surface area contributed by atoms with Gasteiger partial charge in [0.15, 0.2) is 0 Å². The molecule has 0 aliphatic heterocycles. The standard InChI is InChI=1S/C14H19ClN2O3/c1-10(2)9-20-14(19)17-8-7-16-13(18)11-3-5-12(15)6-4-11/h3-6,10H,7-9H2,1-2H3,(H,16,18)(H,17,19). The number of ether oxygens (including phenoxy) is 1. The summed E-state index contributed by atoms with van der Waals surface area (Å²) >= 11 is 5.74. The number of hydrogen-bond donors (Lipinski definition) is 2. The summed E-state index contributed by atoms with van der Waals surface area (Å²) in [4.78, 5) is 23.0. The van der Waals surface area contributed by atoms with Crippen molar-refractivity contribution in [3.63, 3.8) is 0 Å². The van der Waals surface area contributed by atoms with Crippen LogP contribution in [0.4, 0.5) is 4.79 Å². The van der Waals surface area contributed by atoms with E-state index in [1.807, 2.05) is 13.8 Å². The number of carbonyl (C=O) groups excluding carboxylic acids is 2. The second kappa shape index (κ2) is 8.43. The number of alkyl carbamates (subject to hydrolysis) is 1. The SMILES string of the molecule is CC(C)COC(=O)NCCNC(=O)c1ccc(Cl)cc1. The highest BCUT2D eigenvalue weighted by Crippen LogP contribution is 2.09. The molecule has 6 heteroatoms. The minimum atomic E-state index is -0.473. The first-order valence-corrected chi connectivity index (χ1v) is 6.81. The molecule has 0 bridgehead atoms. The van der Waals surface area contributed by atoms with E-state index in [0.717, 1.165) is 0 Å². The van der Waals surface area contributed by atoms with Crippen LogP contribution in [0.1, 0.15) is 24.2 Å². The molecule has 0 heterocycles. The molecule has 0 radical (unpaired) electrons. The van der Waals surface area contributed by atoms with Crippen LogP contribution in [0.15, 0.2) is 24.3 Å². The number of rotatable bonds is 6. The van der Waals surface area contributed by atoms with Crippen molar-refractivity contribution < 1.29 is 14.3 Å². The molecular weight excluding hydrogens is 280 g/mol. The van der Waals surface area contributed by atoms with Gasteiger partial charge in [0.2, 0.25) is 0 Å². The predicted molar refractivity (Wildman–Crippen MR) is 78.0 cm³/mol. The van der Waals surface area contributed by atoms with Gasteiger partial charge in [-0.25, -0.2) is 4.79 Å². The molecule has 0 spiro atoms. The number of nitrogens with one attached hydrogen (secondary N) is 2. The van der Waals surface area contributed by atoms with Gasteiger partial charge in [-0.05, 0) is 30.2 Å². The molecule has 0 fully saturated rings. The summed E-state index contributed by atoms with van der Waals surface area (Å²) in [6.45, 7) is 4.94. The van der Waals surface area contributed by atoms with E-state index >= 15 is 0 Å². The maximum absolute atomic E-state index is 11.7. The van der Waals surface area contributed by atoms with E-state index in [4.69, 9.17) is 16.3 Å². The lowest BCUT2D eigenvalue weighted by Crippen LogP contribution is -2.35. The molecule has 0 aromatic heterocycles. The Morgan fingerprint density at radius 2 is 1.75 bits per heavy atom. The van der Waals surface area contributed by atoms with E-state index < -0.39 is 6.09 Å². The van der Waals surface area contributed by atoms with Crippen molar-refractivity contribution in [2.24, 2.45) is 5.92 Å². The van der Waals surface area contributed by atoms with Crippen molar-refractivity contribution in [2.75, 3.05) is 19.7 Å². The average molecular weight is 299 g/mol. The number of hydrogen-bond acceptors (Lipinski definition) is 3. The molecule has 0 aliphatic rings. The molecule has 0 unspecified atom stereocenters. The number of amides is 2. The quantitative estimate of drug-likeness (QED) is 0.793. The lowest BCUT2D eigenvalue weighted by Gasteiger charge is -2.09. The zero-order valence-electron chi connectivity index (χ0n) is 11.6. The van der Waals surface area contributed by atoms with E-state index in [9.17, 15) is 9.59 Å². The van der Waals surface area contributed by atoms with Gasteiger partial charge in [0.1, 0.15) is 0 Å². The van der Waals surface area contributed by atoms with Crippen LogP contribution in [-0.4, -0.2) is 31.7 Å². The summed E-state index contributed by atoms with van der Waals surface area (Å²) < 4.78 is 4.93. The summed E-state index contributed by atoms with van der Waals surface area (Å²) in [5.74, 6) is 0.0874. The minimum absolute atomic E-state index is 0.209. The number of carbonyl (C=O) groups is 2. The van der Waals surface area contributed by atoms with Gasteiger partial charge in [0, 0.05) is 23.7 Å². The van der Waals surface area contributed by atoms with Crippen molar-refractivity contribution in [1.82, 2.24) is 10.6 Å². The molecular formula is C14H19ClN2O3. The molecule has 1 aromatic rings. The Morgan fingerprint density at radius 3 is 2.35 bits per heavy atom. The molecule has 2 N–H and O–H groups in total. The number of benzene rings is 1. The second-order valence-corrected chi connectivity index (χ2v) is 5.12. The highest BCUT2D eigenvalue weighted by molar-refractivity contribution is 6.30. The monoisotopic (exact) mass is 298 g/mol. The van der Waals surface area contributed by atoms with E-state index in [1.54, 1.807) is 24.3 Å². The summed E-state index contributed by atoms with van der Waals surface area (Å²) in [6.07, 6.45) is -0.473. The zero-order valence-corrected chi connectivity index (χ0v) is 12.4. The Labute approximate surface area is 123 Å². The predicted octanol–water partition coefficient (Wildman–Crippen LogP) is 2.45. The fourth-order valence-electron chi connectivity index (χ4n) is 1.34. The summed E-state index contributed by atoms with van der Waals surface area (Å²) in [5, 5.41) is 5.82. The summed E-state index contributed by atoms with van der Waals surface area (Å²) in [5.41, 5.74) is 0.525. The van der Waals surface area contributed by atoms with E-state index in [2.05, 4.69) is 10.6 Å². The maximum Gasteiger partial charge on any atom is 0.407 e. The second-order valence-electron chi connectivity index (χ2n) is 4.68. The van der Waals surface area contributed by atoms with Crippen molar-refractivity contribution in [2.45, 2.75) is 13.8 Å². The molecule has 0 aliphatic carbocycles. The lowest BCUT2D eigenvalue weighted by molar-refractivity contribution is 0.0951. The fourth-order valence-corrected chi connectivity index (χ4v) is 1.46. The lowest BCUT2D eigenvalue weighted by atomic mass is 10.2. The van der Waals surface area contributed by atoms with Gasteiger partial charge >= 0.3 is 6.09 Å². The Bertz CT molecular complexity index is 446. The maximum atomic E-state index is 11.7. The zero-order chi connectivity index (χ0) is 15.0. The number of halogens is 1. The molecule has 5 nitrogen and oxygen atoms in total. The van der Waals surface area contributed by atoms with Crippen LogP contribution >= 0.6 is 11.6 Å². The van der Waals surface area contributed by atoms with E-state index in [1.165, 1.54) is 0 Å². The first-order valence-electron chi connectivity index (χ1n) is 6.43. The summed E-state index contributed by atoms with van der Waals surface area (Å²) in [7, 11) is 0. The van der Waals surface area contributed by atoms with Gasteiger partial charge in [-0.1, -0.05) is 25.4 Å². The molecule has 0 saturated heterocycles. The smallest absolute Gasteiger partial charge is 0.407 e. The van der Waals surface area contributed by atoms with Gasteiger partial charge < -0.3 is 15.4 Å². The van der Waals surface area contributed by atoms with E-state index in [-0.39, 0.29) is 5.91 Å². The van der Waals surface area contributed by atoms with Crippen LogP contribution in [0.5, 0.6) is 0 Å². The Hall–Kier alpha value is -1.75. The van der Waals surface area contributed by atoms with Crippen molar-refractivity contribution in [1.29, 1.82) is 0 Å². The van der Waals surface area contributed by atoms with Crippen LogP contribution in [0.3, 0.4) is 0 Å². The largest absolute Gasteiger partial charge is 0.449 e. The van der Waals surface area contributed by atoms with Crippen molar-refractivity contribution in [3.05, 3.63) is 34.9 Å². The van der Waals surface area contributed by atoms with Crippen LogP contribution < -0.4 is 10.6 Å². The fraction of sp³-hybridized carbons (Fsp3) is 0.429. The first kappa shape index (κ1) is 16.3. The molecule has 20 heavy (non-hydrogen) atoms. The molecule has 110 valence electrons. The molecule has 1 rings (SSSR count). The summed E-state index contributed by atoms with van der Waals surface area (Å²) in [6, 6.07) is 6.58. The van der Waals surface area contributed by atoms with Gasteiger partial charge in [0.25, 0.3) is 5.91 Å². The molecule has 1 aromatic carbocycles. The molecule has 0 atom stereocenters. The molecule has 2 amide bonds. The average Bonchev–Trinajstić information content (AvgIpc) is 2.42. The Morgan fingerprint density at radius 1 is 1.15 bits per heavy atom. The first-order chi connectivity index (χ1) is 9.49. The van der Waals surface area contributed by atoms with Gasteiger partial charge in [-0.3, -0.25) is 4.79 Å².